The summed E-state index contributed by atoms with van der Waals surface area (Å²) in [6.07, 6.45) is 22.3. The molecule has 0 radical (unpaired) electrons. The summed E-state index contributed by atoms with van der Waals surface area (Å²) in [5.74, 6) is 0.591. The Morgan fingerprint density at radius 1 is 0.720 bits per heavy atom. The lowest BCUT2D eigenvalue weighted by Gasteiger charge is -2.20. The summed E-state index contributed by atoms with van der Waals surface area (Å²) in [5.41, 5.74) is 0. The molecule has 0 amide bonds. The van der Waals surface area contributed by atoms with Gasteiger partial charge in [-0.15, -0.1) is 0 Å². The van der Waals surface area contributed by atoms with Crippen LogP contribution in [0.1, 0.15) is 116 Å². The lowest BCUT2D eigenvalue weighted by molar-refractivity contribution is 0.189. The van der Waals surface area contributed by atoms with Crippen molar-refractivity contribution in [3.8, 4) is 0 Å². The van der Waals surface area contributed by atoms with E-state index in [2.05, 4.69) is 6.92 Å². The highest BCUT2D eigenvalue weighted by Crippen LogP contribution is 2.24. The minimum Gasteiger partial charge on any atom is -0.268 e. The highest BCUT2D eigenvalue weighted by atomic mass is 32.2. The molecule has 0 bridgehead atoms. The molecule has 1 rings (SSSR count). The van der Waals surface area contributed by atoms with Gasteiger partial charge in [0.05, 0.1) is 13.2 Å². The van der Waals surface area contributed by atoms with Gasteiger partial charge in [-0.05, 0) is 25.2 Å². The van der Waals surface area contributed by atoms with Crippen molar-refractivity contribution in [3.63, 3.8) is 0 Å². The van der Waals surface area contributed by atoms with Crippen molar-refractivity contribution in [2.45, 2.75) is 116 Å². The molecule has 1 fully saturated rings. The van der Waals surface area contributed by atoms with Crippen molar-refractivity contribution in [1.29, 1.82) is 0 Å². The number of rotatable bonds is 17. The lowest BCUT2D eigenvalue weighted by atomic mass is 9.90. The van der Waals surface area contributed by atoms with Gasteiger partial charge in [0.15, 0.2) is 0 Å². The van der Waals surface area contributed by atoms with Crippen molar-refractivity contribution in [2.75, 3.05) is 13.2 Å². The van der Waals surface area contributed by atoms with Gasteiger partial charge in [0.25, 0.3) is 0 Å². The second-order valence-electron chi connectivity index (χ2n) is 7.70. The van der Waals surface area contributed by atoms with E-state index in [9.17, 15) is 4.21 Å². The topological polar surface area (TPSA) is 35.5 Å². The molecule has 150 valence electrons. The number of hydrogen-bond acceptors (Lipinski definition) is 3. The van der Waals surface area contributed by atoms with E-state index < -0.39 is 11.4 Å². The van der Waals surface area contributed by atoms with Crippen LogP contribution in [0.2, 0.25) is 0 Å². The van der Waals surface area contributed by atoms with E-state index in [1.165, 1.54) is 103 Å². The predicted molar refractivity (Wildman–Crippen MR) is 108 cm³/mol. The summed E-state index contributed by atoms with van der Waals surface area (Å²) in [6, 6.07) is 0. The lowest BCUT2D eigenvalue weighted by Crippen LogP contribution is -2.15. The largest absolute Gasteiger partial charge is 0.304 e. The SMILES string of the molecule is CCCCCCCCCCCCCCOS(=O)OCC1CCCCC1. The first-order valence-electron chi connectivity index (χ1n) is 11.0. The molecule has 25 heavy (non-hydrogen) atoms. The first-order valence-corrected chi connectivity index (χ1v) is 12.0. The molecular weight excluding hydrogens is 332 g/mol. The van der Waals surface area contributed by atoms with Gasteiger partial charge in [0.1, 0.15) is 0 Å². The van der Waals surface area contributed by atoms with Crippen LogP contribution in [0, 0.1) is 5.92 Å². The monoisotopic (exact) mass is 374 g/mol. The molecule has 1 unspecified atom stereocenters. The standard InChI is InChI=1S/C21H42O3S/c1-2-3-4-5-6-7-8-9-10-11-12-16-19-23-25(22)24-20-21-17-14-13-15-18-21/h21H,2-20H2,1H3. The van der Waals surface area contributed by atoms with E-state index >= 15 is 0 Å². The molecular formula is C21H42O3S. The van der Waals surface area contributed by atoms with E-state index in [0.29, 0.717) is 19.1 Å². The molecule has 0 saturated heterocycles. The van der Waals surface area contributed by atoms with Crippen LogP contribution in [0.15, 0.2) is 0 Å². The molecule has 0 aliphatic heterocycles. The minimum atomic E-state index is -1.54. The zero-order valence-electron chi connectivity index (χ0n) is 16.6. The van der Waals surface area contributed by atoms with Crippen molar-refractivity contribution in [2.24, 2.45) is 5.92 Å². The maximum atomic E-state index is 11.7. The van der Waals surface area contributed by atoms with Gasteiger partial charge in [-0.1, -0.05) is 96.8 Å². The Hall–Kier alpha value is 0.0700. The van der Waals surface area contributed by atoms with Crippen LogP contribution in [0.4, 0.5) is 0 Å². The van der Waals surface area contributed by atoms with Crippen molar-refractivity contribution < 1.29 is 12.6 Å². The Morgan fingerprint density at radius 3 is 1.80 bits per heavy atom. The van der Waals surface area contributed by atoms with E-state index in [1.807, 2.05) is 0 Å². The van der Waals surface area contributed by atoms with Crippen molar-refractivity contribution >= 4 is 11.4 Å². The molecule has 0 aromatic heterocycles. The van der Waals surface area contributed by atoms with Gasteiger partial charge in [-0.2, -0.15) is 4.21 Å². The maximum absolute atomic E-state index is 11.7. The van der Waals surface area contributed by atoms with Gasteiger partial charge in [0.2, 0.25) is 0 Å². The minimum absolute atomic E-state index is 0.564. The third-order valence-corrected chi connectivity index (χ3v) is 5.99. The normalized spacial score (nSPS) is 17.0. The third kappa shape index (κ3) is 14.9. The second kappa shape index (κ2) is 17.5. The zero-order chi connectivity index (χ0) is 18.0. The molecule has 1 aliphatic rings. The van der Waals surface area contributed by atoms with Crippen LogP contribution in [0.25, 0.3) is 0 Å². The van der Waals surface area contributed by atoms with Crippen molar-refractivity contribution in [3.05, 3.63) is 0 Å². The van der Waals surface area contributed by atoms with Crippen LogP contribution < -0.4 is 0 Å². The van der Waals surface area contributed by atoms with E-state index in [0.717, 1.165) is 6.42 Å². The summed E-state index contributed by atoms with van der Waals surface area (Å²) in [4.78, 5) is 0. The van der Waals surface area contributed by atoms with Gasteiger partial charge < -0.3 is 0 Å². The fourth-order valence-corrected chi connectivity index (χ4v) is 4.24. The van der Waals surface area contributed by atoms with Crippen LogP contribution in [0.5, 0.6) is 0 Å². The molecule has 1 saturated carbocycles. The summed E-state index contributed by atoms with van der Waals surface area (Å²) >= 11 is -1.54. The Balaban J connectivity index is 1.75. The number of hydrogen-bond donors (Lipinski definition) is 0. The van der Waals surface area contributed by atoms with Crippen LogP contribution in [-0.4, -0.2) is 17.4 Å². The molecule has 0 aromatic rings. The van der Waals surface area contributed by atoms with Crippen LogP contribution in [-0.2, 0) is 19.7 Å². The Bertz CT molecular complexity index is 304. The number of unbranched alkanes of at least 4 members (excludes halogenated alkanes) is 11. The quantitative estimate of drug-likeness (QED) is 0.260. The van der Waals surface area contributed by atoms with Crippen LogP contribution in [0.3, 0.4) is 0 Å². The van der Waals surface area contributed by atoms with E-state index in [-0.39, 0.29) is 0 Å². The first kappa shape index (κ1) is 23.1. The van der Waals surface area contributed by atoms with E-state index in [1.54, 1.807) is 0 Å². The Labute approximate surface area is 159 Å². The van der Waals surface area contributed by atoms with Gasteiger partial charge in [-0.3, -0.25) is 8.37 Å². The Morgan fingerprint density at radius 2 is 1.24 bits per heavy atom. The smallest absolute Gasteiger partial charge is 0.268 e. The average Bonchev–Trinajstić information content (AvgIpc) is 2.64. The highest BCUT2D eigenvalue weighted by molar-refractivity contribution is 7.75. The fourth-order valence-electron chi connectivity index (χ4n) is 3.61. The molecule has 1 aliphatic carbocycles. The first-order chi connectivity index (χ1) is 12.3. The summed E-state index contributed by atoms with van der Waals surface area (Å²) in [6.45, 7) is 3.44. The van der Waals surface area contributed by atoms with Crippen molar-refractivity contribution in [1.82, 2.24) is 0 Å². The molecule has 4 heteroatoms. The highest BCUT2D eigenvalue weighted by Gasteiger charge is 2.15. The molecule has 3 nitrogen and oxygen atoms in total. The molecule has 0 N–H and O–H groups in total. The molecule has 0 heterocycles. The maximum Gasteiger partial charge on any atom is 0.304 e. The Kier molecular flexibility index (Phi) is 16.2. The van der Waals surface area contributed by atoms with Crippen LogP contribution >= 0.6 is 0 Å². The fraction of sp³-hybridized carbons (Fsp3) is 1.00. The van der Waals surface area contributed by atoms with Gasteiger partial charge in [-0.25, -0.2) is 0 Å². The predicted octanol–water partition coefficient (Wildman–Crippen LogP) is 6.88. The summed E-state index contributed by atoms with van der Waals surface area (Å²) in [5, 5.41) is 0. The molecule has 0 aromatic carbocycles. The second-order valence-corrected chi connectivity index (χ2v) is 8.58. The third-order valence-electron chi connectivity index (χ3n) is 5.30. The summed E-state index contributed by atoms with van der Waals surface area (Å²) < 4.78 is 22.3. The molecule has 0 spiro atoms. The van der Waals surface area contributed by atoms with E-state index in [4.69, 9.17) is 8.37 Å². The zero-order valence-corrected chi connectivity index (χ0v) is 17.5. The summed E-state index contributed by atoms with van der Waals surface area (Å²) in [7, 11) is 0. The average molecular weight is 375 g/mol. The van der Waals surface area contributed by atoms with Gasteiger partial charge in [0, 0.05) is 0 Å². The van der Waals surface area contributed by atoms with Gasteiger partial charge >= 0.3 is 11.4 Å². The molecule has 1 atom stereocenters.